The molecule has 1 aromatic rings. The quantitative estimate of drug-likeness (QED) is 0.771. The first kappa shape index (κ1) is 10.6. The minimum absolute atomic E-state index is 0.0489. The molecule has 5 nitrogen and oxygen atoms in total. The highest BCUT2D eigenvalue weighted by atomic mass is 16.2. The standard InChI is InChI=1S/C12H18N4O/c13-11-9(7-14-15-11)12(17)16-6-2-4-8-3-1-5-10(8)16/h7-8,10H,1-6H2,(H3,13,14,15). The summed E-state index contributed by atoms with van der Waals surface area (Å²) < 4.78 is 0. The van der Waals surface area contributed by atoms with Crippen LogP contribution in [0.3, 0.4) is 0 Å². The van der Waals surface area contributed by atoms with Gasteiger partial charge in [-0.3, -0.25) is 9.89 Å². The third kappa shape index (κ3) is 1.69. The van der Waals surface area contributed by atoms with E-state index in [9.17, 15) is 4.79 Å². The molecule has 0 radical (unpaired) electrons. The van der Waals surface area contributed by atoms with Crippen LogP contribution >= 0.6 is 0 Å². The Morgan fingerprint density at radius 2 is 2.24 bits per heavy atom. The summed E-state index contributed by atoms with van der Waals surface area (Å²) in [6, 6.07) is 0.436. The first-order valence-corrected chi connectivity index (χ1v) is 6.37. The van der Waals surface area contributed by atoms with Crippen molar-refractivity contribution in [1.29, 1.82) is 0 Å². The molecule has 1 aromatic heterocycles. The van der Waals surface area contributed by atoms with Crippen LogP contribution in [0.1, 0.15) is 42.5 Å². The van der Waals surface area contributed by atoms with Crippen molar-refractivity contribution in [3.8, 4) is 0 Å². The Kier molecular flexibility index (Phi) is 2.53. The van der Waals surface area contributed by atoms with Crippen LogP contribution < -0.4 is 5.73 Å². The van der Waals surface area contributed by atoms with Gasteiger partial charge in [0, 0.05) is 12.6 Å². The molecule has 0 bridgehead atoms. The molecule has 2 aliphatic rings. The van der Waals surface area contributed by atoms with E-state index in [0.29, 0.717) is 23.3 Å². The number of aromatic amines is 1. The number of nitrogens with one attached hydrogen (secondary N) is 1. The van der Waals surface area contributed by atoms with E-state index in [2.05, 4.69) is 10.2 Å². The average molecular weight is 234 g/mol. The first-order valence-electron chi connectivity index (χ1n) is 6.37. The number of anilines is 1. The maximum Gasteiger partial charge on any atom is 0.259 e. The van der Waals surface area contributed by atoms with E-state index in [0.717, 1.165) is 19.4 Å². The van der Waals surface area contributed by atoms with Gasteiger partial charge in [-0.05, 0) is 31.6 Å². The molecule has 2 atom stereocenters. The SMILES string of the molecule is Nc1[nH]ncc1C(=O)N1CCCC2CCCC21. The van der Waals surface area contributed by atoms with E-state index in [-0.39, 0.29) is 5.91 Å². The van der Waals surface area contributed by atoms with Crippen molar-refractivity contribution in [2.24, 2.45) is 5.92 Å². The van der Waals surface area contributed by atoms with Crippen molar-refractivity contribution in [2.45, 2.75) is 38.1 Å². The molecule has 3 N–H and O–H groups in total. The van der Waals surface area contributed by atoms with Crippen molar-refractivity contribution >= 4 is 11.7 Å². The Morgan fingerprint density at radius 1 is 1.41 bits per heavy atom. The van der Waals surface area contributed by atoms with Gasteiger partial charge in [0.05, 0.1) is 6.20 Å². The van der Waals surface area contributed by atoms with E-state index in [1.54, 1.807) is 0 Å². The van der Waals surface area contributed by atoms with Crippen LogP contribution in [-0.4, -0.2) is 33.6 Å². The van der Waals surface area contributed by atoms with Gasteiger partial charge in [-0.2, -0.15) is 5.10 Å². The predicted octanol–water partition coefficient (Wildman–Crippen LogP) is 1.40. The van der Waals surface area contributed by atoms with Crippen molar-refractivity contribution in [3.63, 3.8) is 0 Å². The smallest absolute Gasteiger partial charge is 0.259 e. The number of H-pyrrole nitrogens is 1. The number of piperidine rings is 1. The Hall–Kier alpha value is -1.52. The number of carbonyl (C=O) groups excluding carboxylic acids is 1. The lowest BCUT2D eigenvalue weighted by Gasteiger charge is -2.37. The number of fused-ring (bicyclic) bond motifs is 1. The van der Waals surface area contributed by atoms with E-state index >= 15 is 0 Å². The Balaban J connectivity index is 1.83. The molecule has 3 rings (SSSR count). The second-order valence-corrected chi connectivity index (χ2v) is 5.10. The van der Waals surface area contributed by atoms with Gasteiger partial charge in [0.2, 0.25) is 0 Å². The van der Waals surface area contributed by atoms with Gasteiger partial charge < -0.3 is 10.6 Å². The zero-order valence-electron chi connectivity index (χ0n) is 9.85. The molecule has 1 saturated heterocycles. The molecule has 1 saturated carbocycles. The monoisotopic (exact) mass is 234 g/mol. The summed E-state index contributed by atoms with van der Waals surface area (Å²) in [5, 5.41) is 6.45. The molecule has 2 fully saturated rings. The van der Waals surface area contributed by atoms with Crippen LogP contribution in [0.5, 0.6) is 0 Å². The number of carbonyl (C=O) groups is 1. The van der Waals surface area contributed by atoms with Crippen LogP contribution in [0, 0.1) is 5.92 Å². The van der Waals surface area contributed by atoms with Gasteiger partial charge in [0.25, 0.3) is 5.91 Å². The van der Waals surface area contributed by atoms with Gasteiger partial charge in [0.15, 0.2) is 0 Å². The van der Waals surface area contributed by atoms with E-state index in [4.69, 9.17) is 5.73 Å². The summed E-state index contributed by atoms with van der Waals surface area (Å²) in [4.78, 5) is 14.4. The number of nitrogen functional groups attached to an aromatic ring is 1. The van der Waals surface area contributed by atoms with E-state index in [1.807, 2.05) is 4.90 Å². The third-order valence-corrected chi connectivity index (χ3v) is 4.15. The molecule has 92 valence electrons. The number of likely N-dealkylation sites (tertiary alicyclic amines) is 1. The van der Waals surface area contributed by atoms with Gasteiger partial charge in [-0.25, -0.2) is 0 Å². The Bertz CT molecular complexity index is 428. The molecule has 1 aliphatic heterocycles. The summed E-state index contributed by atoms with van der Waals surface area (Å²) in [6.07, 6.45) is 7.60. The molecular weight excluding hydrogens is 216 g/mol. The van der Waals surface area contributed by atoms with Gasteiger partial charge in [0.1, 0.15) is 11.4 Å². The highest BCUT2D eigenvalue weighted by Gasteiger charge is 2.38. The van der Waals surface area contributed by atoms with Crippen LogP contribution in [-0.2, 0) is 0 Å². The molecule has 0 aromatic carbocycles. The fourth-order valence-electron chi connectivity index (χ4n) is 3.33. The lowest BCUT2D eigenvalue weighted by Crippen LogP contribution is -2.46. The van der Waals surface area contributed by atoms with Gasteiger partial charge >= 0.3 is 0 Å². The van der Waals surface area contributed by atoms with Crippen LogP contribution in [0.25, 0.3) is 0 Å². The fraction of sp³-hybridized carbons (Fsp3) is 0.667. The Labute approximate surface area is 100 Å². The number of hydrogen-bond acceptors (Lipinski definition) is 3. The average Bonchev–Trinajstić information content (AvgIpc) is 2.95. The summed E-state index contributed by atoms with van der Waals surface area (Å²) in [5.74, 6) is 1.14. The number of rotatable bonds is 1. The molecule has 0 spiro atoms. The zero-order valence-corrected chi connectivity index (χ0v) is 9.85. The number of nitrogens with two attached hydrogens (primary N) is 1. The molecule has 1 amide bonds. The lowest BCUT2D eigenvalue weighted by molar-refractivity contribution is 0.0549. The predicted molar refractivity (Wildman–Crippen MR) is 64.4 cm³/mol. The molecular formula is C12H18N4O. The van der Waals surface area contributed by atoms with Crippen molar-refractivity contribution in [1.82, 2.24) is 15.1 Å². The second kappa shape index (κ2) is 4.05. The summed E-state index contributed by atoms with van der Waals surface area (Å²) in [6.45, 7) is 0.866. The molecule has 17 heavy (non-hydrogen) atoms. The van der Waals surface area contributed by atoms with E-state index in [1.165, 1.54) is 25.5 Å². The first-order chi connectivity index (χ1) is 8.27. The number of amides is 1. The van der Waals surface area contributed by atoms with Crippen molar-refractivity contribution in [3.05, 3.63) is 11.8 Å². The highest BCUT2D eigenvalue weighted by Crippen LogP contribution is 2.37. The number of nitrogens with zero attached hydrogens (tertiary/aromatic N) is 2. The lowest BCUT2D eigenvalue weighted by atomic mass is 9.91. The van der Waals surface area contributed by atoms with Gasteiger partial charge in [-0.15, -0.1) is 0 Å². The highest BCUT2D eigenvalue weighted by molar-refractivity contribution is 5.98. The zero-order chi connectivity index (χ0) is 11.8. The molecule has 2 unspecified atom stereocenters. The summed E-state index contributed by atoms with van der Waals surface area (Å²) >= 11 is 0. The fourth-order valence-corrected chi connectivity index (χ4v) is 3.33. The minimum atomic E-state index is 0.0489. The van der Waals surface area contributed by atoms with Crippen LogP contribution in [0.4, 0.5) is 5.82 Å². The molecule has 5 heteroatoms. The third-order valence-electron chi connectivity index (χ3n) is 4.15. The number of aromatic nitrogens is 2. The summed E-state index contributed by atoms with van der Waals surface area (Å²) in [7, 11) is 0. The molecule has 1 aliphatic carbocycles. The van der Waals surface area contributed by atoms with Crippen molar-refractivity contribution < 1.29 is 4.79 Å². The summed E-state index contributed by atoms with van der Waals surface area (Å²) in [5.41, 5.74) is 6.25. The normalized spacial score (nSPS) is 28.1. The minimum Gasteiger partial charge on any atom is -0.383 e. The van der Waals surface area contributed by atoms with Crippen LogP contribution in [0.15, 0.2) is 6.20 Å². The number of hydrogen-bond donors (Lipinski definition) is 2. The van der Waals surface area contributed by atoms with Gasteiger partial charge in [-0.1, -0.05) is 6.42 Å². The van der Waals surface area contributed by atoms with Crippen LogP contribution in [0.2, 0.25) is 0 Å². The second-order valence-electron chi connectivity index (χ2n) is 5.10. The maximum absolute atomic E-state index is 12.4. The topological polar surface area (TPSA) is 75.0 Å². The maximum atomic E-state index is 12.4. The largest absolute Gasteiger partial charge is 0.383 e. The van der Waals surface area contributed by atoms with Crippen molar-refractivity contribution in [2.75, 3.05) is 12.3 Å². The molecule has 2 heterocycles. The van der Waals surface area contributed by atoms with E-state index < -0.39 is 0 Å². The Morgan fingerprint density at radius 3 is 3.00 bits per heavy atom.